The molecule has 0 amide bonds. The zero-order valence-electron chi connectivity index (χ0n) is 12.7. The van der Waals surface area contributed by atoms with Crippen LogP contribution in [0, 0.1) is 0 Å². The average Bonchev–Trinajstić information content (AvgIpc) is 2.55. The second-order valence-electron chi connectivity index (χ2n) is 4.49. The molecular weight excluding hydrogens is 332 g/mol. The van der Waals surface area contributed by atoms with Crippen molar-refractivity contribution in [3.63, 3.8) is 0 Å². The highest BCUT2D eigenvalue weighted by Crippen LogP contribution is 2.18. The van der Waals surface area contributed by atoms with Crippen molar-refractivity contribution in [3.8, 4) is 0 Å². The van der Waals surface area contributed by atoms with Gasteiger partial charge in [-0.1, -0.05) is 42.1 Å². The second-order valence-corrected chi connectivity index (χ2v) is 5.49. The van der Waals surface area contributed by atoms with E-state index in [0.717, 1.165) is 5.75 Å². The van der Waals surface area contributed by atoms with Gasteiger partial charge in [0, 0.05) is 5.75 Å². The number of rotatable bonds is 5. The minimum atomic E-state index is -0.329. The third-order valence-electron chi connectivity index (χ3n) is 2.85. The molecule has 2 N–H and O–H groups in total. The molecule has 0 saturated carbocycles. The lowest BCUT2D eigenvalue weighted by molar-refractivity contribution is -0.0000226. The summed E-state index contributed by atoms with van der Waals surface area (Å²) in [5, 5.41) is 0.493. The summed E-state index contributed by atoms with van der Waals surface area (Å²) in [5.41, 5.74) is 8.34. The predicted molar refractivity (Wildman–Crippen MR) is 91.4 cm³/mol. The number of halogens is 1. The van der Waals surface area contributed by atoms with E-state index in [1.807, 2.05) is 18.2 Å². The average molecular weight is 350 g/mol. The van der Waals surface area contributed by atoms with Crippen LogP contribution in [0.15, 0.2) is 59.6 Å². The summed E-state index contributed by atoms with van der Waals surface area (Å²) in [7, 11) is 0. The third-order valence-corrected chi connectivity index (χ3v) is 3.71. The van der Waals surface area contributed by atoms with Crippen LogP contribution < -0.4 is 18.1 Å². The summed E-state index contributed by atoms with van der Waals surface area (Å²) in [6.45, 7) is 2.14. The van der Waals surface area contributed by atoms with Gasteiger partial charge in [0.25, 0.3) is 0 Å². The number of benzene rings is 2. The number of hydrogen-bond donors (Lipinski definition) is 1. The fraction of sp³-hybridized carbons (Fsp3) is 0.176. The summed E-state index contributed by atoms with van der Waals surface area (Å²) < 4.78 is 4.93. The Morgan fingerprint density at radius 1 is 1.13 bits per heavy atom. The summed E-state index contributed by atoms with van der Waals surface area (Å²) >= 11 is 1.48. The van der Waals surface area contributed by atoms with Crippen LogP contribution in [0.4, 0.5) is 5.69 Å². The van der Waals surface area contributed by atoms with Gasteiger partial charge in [0.05, 0.1) is 17.9 Å². The van der Waals surface area contributed by atoms with Crippen LogP contribution in [0.2, 0.25) is 0 Å². The molecule has 2 rings (SSSR count). The predicted octanol–water partition coefficient (Wildman–Crippen LogP) is 0.747. The highest BCUT2D eigenvalue weighted by molar-refractivity contribution is 8.13. The Balaban J connectivity index is 0.00000264. The lowest BCUT2D eigenvalue weighted by Gasteiger charge is -2.03. The van der Waals surface area contributed by atoms with Crippen LogP contribution in [0.1, 0.15) is 22.8 Å². The SMILES string of the molecule is CCOC(=O)c1ccc(N=C(N)SCc2ccccc2)cc1.[Cl-]. The maximum atomic E-state index is 11.6. The van der Waals surface area contributed by atoms with E-state index >= 15 is 0 Å². The number of nitrogens with two attached hydrogens (primary N) is 1. The van der Waals surface area contributed by atoms with Crippen molar-refractivity contribution in [2.45, 2.75) is 12.7 Å². The van der Waals surface area contributed by atoms with Crippen LogP contribution in [0.3, 0.4) is 0 Å². The van der Waals surface area contributed by atoms with Crippen molar-refractivity contribution in [2.24, 2.45) is 10.7 Å². The summed E-state index contributed by atoms with van der Waals surface area (Å²) in [4.78, 5) is 15.9. The van der Waals surface area contributed by atoms with E-state index in [-0.39, 0.29) is 18.4 Å². The van der Waals surface area contributed by atoms with Gasteiger partial charge in [-0.15, -0.1) is 0 Å². The van der Waals surface area contributed by atoms with Crippen molar-refractivity contribution in [1.29, 1.82) is 0 Å². The van der Waals surface area contributed by atoms with Crippen LogP contribution >= 0.6 is 11.8 Å². The standard InChI is InChI=1S/C17H18N2O2S.ClH/c1-2-21-16(20)14-8-10-15(11-9-14)19-17(18)22-12-13-6-4-3-5-7-13;/h3-11H,2,12H2,1H3,(H2,18,19);1H/p-1. The molecule has 0 aromatic heterocycles. The largest absolute Gasteiger partial charge is 1.00 e. The zero-order valence-corrected chi connectivity index (χ0v) is 14.3. The molecule has 0 heterocycles. The van der Waals surface area contributed by atoms with E-state index in [1.54, 1.807) is 31.2 Å². The second kappa shape index (κ2) is 9.92. The molecule has 4 nitrogen and oxygen atoms in total. The third kappa shape index (κ3) is 6.34. The molecule has 2 aromatic rings. The van der Waals surface area contributed by atoms with Gasteiger partial charge in [-0.3, -0.25) is 0 Å². The van der Waals surface area contributed by atoms with Crippen LogP contribution in [0.5, 0.6) is 0 Å². The summed E-state index contributed by atoms with van der Waals surface area (Å²) in [5.74, 6) is 0.446. The van der Waals surface area contributed by atoms with Gasteiger partial charge in [0.1, 0.15) is 0 Å². The number of aliphatic imine (C=N–C) groups is 1. The molecule has 0 spiro atoms. The van der Waals surface area contributed by atoms with Crippen molar-refractivity contribution >= 4 is 28.6 Å². The summed E-state index contributed by atoms with van der Waals surface area (Å²) in [6, 6.07) is 17.0. The Labute approximate surface area is 146 Å². The van der Waals surface area contributed by atoms with Gasteiger partial charge in [0.15, 0.2) is 5.17 Å². The Morgan fingerprint density at radius 3 is 2.39 bits per heavy atom. The maximum absolute atomic E-state index is 11.6. The van der Waals surface area contributed by atoms with Crippen LogP contribution in [0.25, 0.3) is 0 Å². The van der Waals surface area contributed by atoms with E-state index in [2.05, 4.69) is 17.1 Å². The van der Waals surface area contributed by atoms with Gasteiger partial charge in [0.2, 0.25) is 0 Å². The fourth-order valence-electron chi connectivity index (χ4n) is 1.78. The topological polar surface area (TPSA) is 64.7 Å². The minimum Gasteiger partial charge on any atom is -1.00 e. The Morgan fingerprint density at radius 2 is 1.78 bits per heavy atom. The van der Waals surface area contributed by atoms with E-state index in [1.165, 1.54) is 17.3 Å². The number of ether oxygens (including phenoxy) is 1. The quantitative estimate of drug-likeness (QED) is 0.491. The number of nitrogens with zero attached hydrogens (tertiary/aromatic N) is 1. The molecule has 2 aromatic carbocycles. The highest BCUT2D eigenvalue weighted by Gasteiger charge is 2.05. The van der Waals surface area contributed by atoms with Gasteiger partial charge in [-0.05, 0) is 36.8 Å². The molecule has 0 aliphatic rings. The Kier molecular flexibility index (Phi) is 8.22. The van der Waals surface area contributed by atoms with Gasteiger partial charge >= 0.3 is 5.97 Å². The molecule has 122 valence electrons. The number of thioether (sulfide) groups is 1. The monoisotopic (exact) mass is 349 g/mol. The van der Waals surface area contributed by atoms with Gasteiger partial charge < -0.3 is 22.9 Å². The summed E-state index contributed by atoms with van der Waals surface area (Å²) in [6.07, 6.45) is 0. The Bertz CT molecular complexity index is 645. The molecule has 0 fully saturated rings. The molecule has 6 heteroatoms. The lowest BCUT2D eigenvalue weighted by atomic mass is 10.2. The van der Waals surface area contributed by atoms with E-state index in [9.17, 15) is 4.79 Å². The fourth-order valence-corrected chi connectivity index (χ4v) is 2.45. The molecule has 0 aliphatic heterocycles. The van der Waals surface area contributed by atoms with Crippen molar-refractivity contribution in [3.05, 3.63) is 65.7 Å². The van der Waals surface area contributed by atoms with Gasteiger partial charge in [-0.25, -0.2) is 9.79 Å². The molecule has 0 bridgehead atoms. The highest BCUT2D eigenvalue weighted by atomic mass is 35.5. The van der Waals surface area contributed by atoms with Crippen LogP contribution in [-0.2, 0) is 10.5 Å². The number of carbonyl (C=O) groups excluding carboxylic acids is 1. The van der Waals surface area contributed by atoms with Gasteiger partial charge in [-0.2, -0.15) is 0 Å². The maximum Gasteiger partial charge on any atom is 0.338 e. The molecule has 0 aliphatic carbocycles. The minimum absolute atomic E-state index is 0. The van der Waals surface area contributed by atoms with E-state index in [4.69, 9.17) is 10.5 Å². The smallest absolute Gasteiger partial charge is 0.338 e. The first kappa shape index (κ1) is 19.1. The number of esters is 1. The molecule has 0 saturated heterocycles. The lowest BCUT2D eigenvalue weighted by Crippen LogP contribution is -3.00. The number of carbonyl (C=O) groups is 1. The number of amidine groups is 1. The molecule has 0 unspecified atom stereocenters. The first-order valence-electron chi connectivity index (χ1n) is 6.97. The zero-order chi connectivity index (χ0) is 15.8. The molecular formula is C17H18ClN2O2S-. The number of hydrogen-bond acceptors (Lipinski definition) is 4. The first-order valence-corrected chi connectivity index (χ1v) is 7.95. The molecule has 0 atom stereocenters. The van der Waals surface area contributed by atoms with E-state index < -0.39 is 0 Å². The normalized spacial score (nSPS) is 10.7. The Hall–Kier alpha value is -1.98. The van der Waals surface area contributed by atoms with E-state index in [0.29, 0.717) is 23.0 Å². The van der Waals surface area contributed by atoms with Crippen LogP contribution in [-0.4, -0.2) is 17.7 Å². The first-order chi connectivity index (χ1) is 10.7. The van der Waals surface area contributed by atoms with Crippen molar-refractivity contribution in [2.75, 3.05) is 6.61 Å². The van der Waals surface area contributed by atoms with Crippen molar-refractivity contribution < 1.29 is 21.9 Å². The molecule has 23 heavy (non-hydrogen) atoms. The molecule has 0 radical (unpaired) electrons. The van der Waals surface area contributed by atoms with Crippen molar-refractivity contribution in [1.82, 2.24) is 0 Å².